The molecule has 2 aliphatic rings. The van der Waals surface area contributed by atoms with Gasteiger partial charge in [0.05, 0.1) is 13.2 Å². The molecule has 1 atom stereocenters. The van der Waals surface area contributed by atoms with Gasteiger partial charge in [-0.25, -0.2) is 4.98 Å². The molecule has 0 amide bonds. The highest BCUT2D eigenvalue weighted by atomic mass is 16.5. The Morgan fingerprint density at radius 2 is 2.09 bits per heavy atom. The van der Waals surface area contributed by atoms with Crippen molar-refractivity contribution in [3.8, 4) is 5.75 Å². The van der Waals surface area contributed by atoms with Crippen LogP contribution in [0.15, 0.2) is 12.1 Å². The van der Waals surface area contributed by atoms with Crippen molar-refractivity contribution >= 4 is 0 Å². The van der Waals surface area contributed by atoms with Gasteiger partial charge in [-0.15, -0.1) is 0 Å². The Hall–Kier alpha value is -1.88. The summed E-state index contributed by atoms with van der Waals surface area (Å²) >= 11 is 0. The molecule has 1 saturated heterocycles. The lowest BCUT2D eigenvalue weighted by molar-refractivity contribution is 0.236. The van der Waals surface area contributed by atoms with Gasteiger partial charge in [0, 0.05) is 12.1 Å². The highest BCUT2D eigenvalue weighted by Crippen LogP contribution is 2.35. The second-order valence-corrected chi connectivity index (χ2v) is 6.69. The van der Waals surface area contributed by atoms with Gasteiger partial charge >= 0.3 is 0 Å². The topological polar surface area (TPSA) is 54.0 Å². The van der Waals surface area contributed by atoms with Crippen LogP contribution in [0.5, 0.6) is 5.75 Å². The number of ether oxygens (including phenoxy) is 1. The molecule has 2 aromatic rings. The summed E-state index contributed by atoms with van der Waals surface area (Å²) in [6, 6.07) is 4.93. The fraction of sp³-hybridized carbons (Fsp3) is 0.556. The van der Waals surface area contributed by atoms with Gasteiger partial charge in [-0.3, -0.25) is 10.00 Å². The van der Waals surface area contributed by atoms with E-state index in [9.17, 15) is 0 Å². The molecule has 2 heterocycles. The third-order valence-corrected chi connectivity index (χ3v) is 5.14. The molecule has 23 heavy (non-hydrogen) atoms. The number of likely N-dealkylation sites (tertiary alicyclic amines) is 1. The molecule has 0 bridgehead atoms. The van der Waals surface area contributed by atoms with Crippen LogP contribution < -0.4 is 4.74 Å². The van der Waals surface area contributed by atoms with Crippen LogP contribution in [0.1, 0.15) is 53.6 Å². The van der Waals surface area contributed by atoms with Crippen molar-refractivity contribution in [3.63, 3.8) is 0 Å². The van der Waals surface area contributed by atoms with Crippen LogP contribution in [0, 0.1) is 6.92 Å². The molecule has 0 radical (unpaired) electrons. The number of fused-ring (bicyclic) bond motifs is 1. The Labute approximate surface area is 137 Å². The first-order valence-corrected chi connectivity index (χ1v) is 8.56. The van der Waals surface area contributed by atoms with E-state index in [0.717, 1.165) is 36.9 Å². The SMILES string of the molecule is COc1cc2c(cc1CN1CCC[C@@H]1c1n[nH]c(C)n1)CCC2. The normalized spacial score (nSPS) is 20.9. The first kappa shape index (κ1) is 14.7. The standard InChI is InChI=1S/C18H24N4O/c1-12-19-18(21-20-12)16-7-4-8-22(16)11-15-9-13-5-3-6-14(13)10-17(15)23-2/h9-10,16H,3-8,11H2,1-2H3,(H,19,20,21)/t16-/m1/s1. The third kappa shape index (κ3) is 2.74. The number of aromatic nitrogens is 3. The predicted octanol–water partition coefficient (Wildman–Crippen LogP) is 2.95. The summed E-state index contributed by atoms with van der Waals surface area (Å²) in [5, 5.41) is 7.36. The van der Waals surface area contributed by atoms with E-state index in [1.807, 2.05) is 6.92 Å². The van der Waals surface area contributed by atoms with Gasteiger partial charge < -0.3 is 4.74 Å². The number of aromatic amines is 1. The van der Waals surface area contributed by atoms with Gasteiger partial charge in [-0.1, -0.05) is 6.07 Å². The highest BCUT2D eigenvalue weighted by molar-refractivity contribution is 5.44. The molecule has 5 heteroatoms. The molecular formula is C18H24N4O. The largest absolute Gasteiger partial charge is 0.496 e. The van der Waals surface area contributed by atoms with Crippen molar-refractivity contribution in [2.45, 2.75) is 51.6 Å². The monoisotopic (exact) mass is 312 g/mol. The fourth-order valence-corrected chi connectivity index (χ4v) is 4.00. The smallest absolute Gasteiger partial charge is 0.167 e. The van der Waals surface area contributed by atoms with Gasteiger partial charge in [-0.2, -0.15) is 5.10 Å². The number of methoxy groups -OCH3 is 1. The van der Waals surface area contributed by atoms with Crippen molar-refractivity contribution in [1.82, 2.24) is 20.1 Å². The summed E-state index contributed by atoms with van der Waals surface area (Å²) in [5.74, 6) is 2.85. The molecule has 0 spiro atoms. The average Bonchev–Trinajstić information content (AvgIpc) is 3.26. The van der Waals surface area contributed by atoms with E-state index < -0.39 is 0 Å². The van der Waals surface area contributed by atoms with Crippen molar-refractivity contribution < 1.29 is 4.74 Å². The summed E-state index contributed by atoms with van der Waals surface area (Å²) in [7, 11) is 1.78. The maximum atomic E-state index is 5.66. The Morgan fingerprint density at radius 1 is 1.26 bits per heavy atom. The fourth-order valence-electron chi connectivity index (χ4n) is 4.00. The second kappa shape index (κ2) is 5.96. The molecule has 122 valence electrons. The summed E-state index contributed by atoms with van der Waals surface area (Å²) in [5.41, 5.74) is 4.27. The highest BCUT2D eigenvalue weighted by Gasteiger charge is 2.30. The maximum Gasteiger partial charge on any atom is 0.167 e. The Balaban J connectivity index is 1.59. The van der Waals surface area contributed by atoms with E-state index in [0.29, 0.717) is 6.04 Å². The molecule has 1 aliphatic carbocycles. The summed E-state index contributed by atoms with van der Waals surface area (Å²) in [6.07, 6.45) is 5.99. The molecule has 1 aliphatic heterocycles. The summed E-state index contributed by atoms with van der Waals surface area (Å²) in [4.78, 5) is 7.03. The first-order valence-electron chi connectivity index (χ1n) is 8.56. The van der Waals surface area contributed by atoms with Crippen LogP contribution in [-0.4, -0.2) is 33.7 Å². The van der Waals surface area contributed by atoms with Crippen LogP contribution >= 0.6 is 0 Å². The van der Waals surface area contributed by atoms with Gasteiger partial charge in [0.15, 0.2) is 5.82 Å². The molecule has 0 unspecified atom stereocenters. The van der Waals surface area contributed by atoms with Crippen LogP contribution in [0.4, 0.5) is 0 Å². The number of hydrogen-bond donors (Lipinski definition) is 1. The molecule has 0 saturated carbocycles. The number of H-pyrrole nitrogens is 1. The quantitative estimate of drug-likeness (QED) is 0.943. The number of hydrogen-bond acceptors (Lipinski definition) is 4. The van der Waals surface area contributed by atoms with E-state index in [1.165, 1.54) is 42.4 Å². The molecule has 1 aromatic carbocycles. The van der Waals surface area contributed by atoms with Crippen LogP contribution in [0.25, 0.3) is 0 Å². The lowest BCUT2D eigenvalue weighted by Gasteiger charge is -2.23. The van der Waals surface area contributed by atoms with Crippen molar-refractivity contribution in [2.75, 3.05) is 13.7 Å². The van der Waals surface area contributed by atoms with Gasteiger partial charge in [0.25, 0.3) is 0 Å². The Morgan fingerprint density at radius 3 is 2.83 bits per heavy atom. The average molecular weight is 312 g/mol. The lowest BCUT2D eigenvalue weighted by atomic mass is 10.0. The zero-order valence-corrected chi connectivity index (χ0v) is 13.9. The molecule has 4 rings (SSSR count). The number of aryl methyl sites for hydroxylation is 3. The molecule has 1 fully saturated rings. The maximum absolute atomic E-state index is 5.66. The minimum atomic E-state index is 0.318. The number of nitrogens with one attached hydrogen (secondary N) is 1. The number of nitrogens with zero attached hydrogens (tertiary/aromatic N) is 3. The van der Waals surface area contributed by atoms with Gasteiger partial charge in [0.1, 0.15) is 11.6 Å². The van der Waals surface area contributed by atoms with Crippen LogP contribution in [0.3, 0.4) is 0 Å². The van der Waals surface area contributed by atoms with Crippen LogP contribution in [-0.2, 0) is 19.4 Å². The van der Waals surface area contributed by atoms with E-state index in [1.54, 1.807) is 7.11 Å². The van der Waals surface area contributed by atoms with E-state index in [2.05, 4.69) is 32.2 Å². The van der Waals surface area contributed by atoms with Crippen molar-refractivity contribution in [3.05, 3.63) is 40.5 Å². The predicted molar refractivity (Wildman–Crippen MR) is 88.5 cm³/mol. The number of rotatable bonds is 4. The Bertz CT molecular complexity index is 709. The molecular weight excluding hydrogens is 288 g/mol. The summed E-state index contributed by atoms with van der Waals surface area (Å²) in [6.45, 7) is 3.96. The van der Waals surface area contributed by atoms with E-state index in [4.69, 9.17) is 4.74 Å². The summed E-state index contributed by atoms with van der Waals surface area (Å²) < 4.78 is 5.66. The van der Waals surface area contributed by atoms with E-state index in [-0.39, 0.29) is 0 Å². The van der Waals surface area contributed by atoms with Gasteiger partial charge in [-0.05, 0) is 62.8 Å². The molecule has 1 N–H and O–H groups in total. The minimum Gasteiger partial charge on any atom is -0.496 e. The van der Waals surface area contributed by atoms with Crippen LogP contribution in [0.2, 0.25) is 0 Å². The van der Waals surface area contributed by atoms with E-state index >= 15 is 0 Å². The molecule has 5 nitrogen and oxygen atoms in total. The zero-order chi connectivity index (χ0) is 15.8. The van der Waals surface area contributed by atoms with Crippen molar-refractivity contribution in [1.29, 1.82) is 0 Å². The third-order valence-electron chi connectivity index (χ3n) is 5.14. The lowest BCUT2D eigenvalue weighted by Crippen LogP contribution is -2.24. The number of benzene rings is 1. The van der Waals surface area contributed by atoms with Crippen molar-refractivity contribution in [2.24, 2.45) is 0 Å². The minimum absolute atomic E-state index is 0.318. The zero-order valence-electron chi connectivity index (χ0n) is 13.9. The van der Waals surface area contributed by atoms with Gasteiger partial charge in [0.2, 0.25) is 0 Å². The Kier molecular flexibility index (Phi) is 3.81. The second-order valence-electron chi connectivity index (χ2n) is 6.69. The first-order chi connectivity index (χ1) is 11.2. The molecule has 1 aromatic heterocycles.